The summed E-state index contributed by atoms with van der Waals surface area (Å²) in [4.78, 5) is 10.4. The topological polar surface area (TPSA) is 57.5 Å². The summed E-state index contributed by atoms with van der Waals surface area (Å²) >= 11 is 5.76. The second kappa shape index (κ2) is 3.77. The molecule has 0 saturated heterocycles. The van der Waals surface area contributed by atoms with Gasteiger partial charge in [0.05, 0.1) is 0 Å². The van der Waals surface area contributed by atoms with E-state index in [1.807, 2.05) is 0 Å². The Bertz CT molecular complexity index is 336. The van der Waals surface area contributed by atoms with Crippen molar-refractivity contribution >= 4 is 17.6 Å². The minimum atomic E-state index is -1.50. The lowest BCUT2D eigenvalue weighted by Gasteiger charge is -2.06. The first-order chi connectivity index (χ1) is 6.02. The molecule has 2 N–H and O–H groups in total. The maximum atomic E-state index is 10.4. The second-order valence-corrected chi connectivity index (χ2v) is 3.16. The van der Waals surface area contributed by atoms with Crippen molar-refractivity contribution < 1.29 is 15.0 Å². The zero-order chi connectivity index (χ0) is 10.0. The summed E-state index contributed by atoms with van der Waals surface area (Å²) in [7, 11) is 0. The summed E-state index contributed by atoms with van der Waals surface area (Å²) in [6.07, 6.45) is -1.50. The van der Waals surface area contributed by atoms with Crippen LogP contribution in [0.2, 0.25) is 5.02 Å². The summed E-state index contributed by atoms with van der Waals surface area (Å²) in [6, 6.07) is 4.67. The van der Waals surface area contributed by atoms with E-state index in [2.05, 4.69) is 0 Å². The van der Waals surface area contributed by atoms with E-state index in [4.69, 9.17) is 21.8 Å². The minimum Gasteiger partial charge on any atom is -0.479 e. The van der Waals surface area contributed by atoms with Crippen molar-refractivity contribution in [3.05, 3.63) is 34.3 Å². The monoisotopic (exact) mass is 200 g/mol. The van der Waals surface area contributed by atoms with Crippen LogP contribution in [0.4, 0.5) is 0 Å². The third kappa shape index (κ3) is 2.20. The smallest absolute Gasteiger partial charge is 0.337 e. The molecule has 0 saturated carbocycles. The molecular weight excluding hydrogens is 192 g/mol. The van der Waals surface area contributed by atoms with Crippen LogP contribution in [0, 0.1) is 6.92 Å². The number of hydrogen-bond donors (Lipinski definition) is 2. The minimum absolute atomic E-state index is 0.295. The van der Waals surface area contributed by atoms with Crippen molar-refractivity contribution in [1.29, 1.82) is 0 Å². The van der Waals surface area contributed by atoms with Gasteiger partial charge in [0.25, 0.3) is 0 Å². The first kappa shape index (κ1) is 10.0. The van der Waals surface area contributed by atoms with Gasteiger partial charge in [0.15, 0.2) is 6.10 Å². The highest BCUT2D eigenvalue weighted by molar-refractivity contribution is 6.31. The number of carboxylic acid groups (broad SMARTS) is 1. The van der Waals surface area contributed by atoms with Gasteiger partial charge in [-0.25, -0.2) is 4.79 Å². The van der Waals surface area contributed by atoms with Crippen LogP contribution >= 0.6 is 11.6 Å². The van der Waals surface area contributed by atoms with Gasteiger partial charge in [-0.05, 0) is 24.1 Å². The lowest BCUT2D eigenvalue weighted by atomic mass is 10.1. The molecule has 1 atom stereocenters. The molecule has 0 heterocycles. The Balaban J connectivity index is 3.03. The van der Waals surface area contributed by atoms with E-state index in [0.29, 0.717) is 10.6 Å². The zero-order valence-electron chi connectivity index (χ0n) is 6.99. The average Bonchev–Trinajstić information content (AvgIpc) is 2.08. The molecule has 70 valence electrons. The molecule has 0 radical (unpaired) electrons. The molecule has 0 aliphatic heterocycles. The standard InChI is InChI=1S/C9H9ClO3/c1-5-2-3-6(4-7(5)10)8(11)9(12)13/h2-4,8,11H,1H3,(H,12,13). The van der Waals surface area contributed by atoms with E-state index >= 15 is 0 Å². The molecule has 0 bridgehead atoms. The highest BCUT2D eigenvalue weighted by Crippen LogP contribution is 2.21. The van der Waals surface area contributed by atoms with Crippen molar-refractivity contribution in [3.8, 4) is 0 Å². The van der Waals surface area contributed by atoms with Crippen LogP contribution in [-0.2, 0) is 4.79 Å². The number of hydrogen-bond acceptors (Lipinski definition) is 2. The van der Waals surface area contributed by atoms with E-state index in [9.17, 15) is 4.79 Å². The number of aliphatic hydroxyl groups excluding tert-OH is 1. The molecule has 0 fully saturated rings. The molecule has 1 unspecified atom stereocenters. The fraction of sp³-hybridized carbons (Fsp3) is 0.222. The SMILES string of the molecule is Cc1ccc(C(O)C(=O)O)cc1Cl. The third-order valence-corrected chi connectivity index (χ3v) is 2.15. The van der Waals surface area contributed by atoms with Gasteiger partial charge in [-0.1, -0.05) is 23.7 Å². The molecular formula is C9H9ClO3. The number of benzene rings is 1. The van der Waals surface area contributed by atoms with Crippen LogP contribution in [0.3, 0.4) is 0 Å². The number of aryl methyl sites for hydroxylation is 1. The lowest BCUT2D eigenvalue weighted by Crippen LogP contribution is -2.10. The van der Waals surface area contributed by atoms with Gasteiger partial charge in [0.1, 0.15) is 0 Å². The van der Waals surface area contributed by atoms with E-state index in [1.165, 1.54) is 6.07 Å². The van der Waals surface area contributed by atoms with Gasteiger partial charge in [0.2, 0.25) is 0 Å². The fourth-order valence-electron chi connectivity index (χ4n) is 0.922. The van der Waals surface area contributed by atoms with Gasteiger partial charge in [-0.3, -0.25) is 0 Å². The Morgan fingerprint density at radius 1 is 1.54 bits per heavy atom. The first-order valence-corrected chi connectivity index (χ1v) is 4.07. The molecule has 0 aliphatic rings. The number of rotatable bonds is 2. The first-order valence-electron chi connectivity index (χ1n) is 3.69. The van der Waals surface area contributed by atoms with E-state index in [0.717, 1.165) is 5.56 Å². The molecule has 3 nitrogen and oxygen atoms in total. The van der Waals surface area contributed by atoms with Crippen molar-refractivity contribution in [1.82, 2.24) is 0 Å². The Morgan fingerprint density at radius 2 is 2.15 bits per heavy atom. The van der Waals surface area contributed by atoms with Gasteiger partial charge >= 0.3 is 5.97 Å². The molecule has 0 aromatic heterocycles. The highest BCUT2D eigenvalue weighted by Gasteiger charge is 2.15. The summed E-state index contributed by atoms with van der Waals surface area (Å²) in [5.74, 6) is -1.28. The molecule has 4 heteroatoms. The van der Waals surface area contributed by atoms with Crippen molar-refractivity contribution in [2.24, 2.45) is 0 Å². The van der Waals surface area contributed by atoms with Crippen molar-refractivity contribution in [2.75, 3.05) is 0 Å². The molecule has 0 amide bonds. The normalized spacial score (nSPS) is 12.5. The van der Waals surface area contributed by atoms with Crippen LogP contribution in [-0.4, -0.2) is 16.2 Å². The van der Waals surface area contributed by atoms with Crippen molar-refractivity contribution in [2.45, 2.75) is 13.0 Å². The maximum absolute atomic E-state index is 10.4. The summed E-state index contributed by atoms with van der Waals surface area (Å²) < 4.78 is 0. The average molecular weight is 201 g/mol. The lowest BCUT2D eigenvalue weighted by molar-refractivity contribution is -0.146. The van der Waals surface area contributed by atoms with Crippen LogP contribution in [0.15, 0.2) is 18.2 Å². The quantitative estimate of drug-likeness (QED) is 0.765. The Morgan fingerprint density at radius 3 is 2.62 bits per heavy atom. The predicted octanol–water partition coefficient (Wildman–Crippen LogP) is 1.77. The number of aliphatic hydroxyl groups is 1. The number of halogens is 1. The summed E-state index contributed by atoms with van der Waals surface area (Å²) in [5, 5.41) is 18.1. The van der Waals surface area contributed by atoms with Crippen LogP contribution in [0.1, 0.15) is 17.2 Å². The molecule has 0 spiro atoms. The number of carbonyl (C=O) groups is 1. The summed E-state index contributed by atoms with van der Waals surface area (Å²) in [6.45, 7) is 1.80. The molecule has 1 aromatic carbocycles. The summed E-state index contributed by atoms with van der Waals surface area (Å²) in [5.41, 5.74) is 1.14. The number of carboxylic acids is 1. The van der Waals surface area contributed by atoms with Crippen molar-refractivity contribution in [3.63, 3.8) is 0 Å². The van der Waals surface area contributed by atoms with Gasteiger partial charge in [0, 0.05) is 5.02 Å². The van der Waals surface area contributed by atoms with Crippen LogP contribution in [0.5, 0.6) is 0 Å². The Labute approximate surface area is 80.6 Å². The predicted molar refractivity (Wildman–Crippen MR) is 48.8 cm³/mol. The third-order valence-electron chi connectivity index (χ3n) is 1.75. The van der Waals surface area contributed by atoms with Gasteiger partial charge in [-0.2, -0.15) is 0 Å². The van der Waals surface area contributed by atoms with Crippen LogP contribution < -0.4 is 0 Å². The Kier molecular flexibility index (Phi) is 2.90. The molecule has 13 heavy (non-hydrogen) atoms. The Hall–Kier alpha value is -1.06. The van der Waals surface area contributed by atoms with E-state index in [-0.39, 0.29) is 0 Å². The largest absolute Gasteiger partial charge is 0.479 e. The van der Waals surface area contributed by atoms with Gasteiger partial charge < -0.3 is 10.2 Å². The number of aliphatic carboxylic acids is 1. The maximum Gasteiger partial charge on any atom is 0.337 e. The fourth-order valence-corrected chi connectivity index (χ4v) is 1.11. The van der Waals surface area contributed by atoms with Gasteiger partial charge in [-0.15, -0.1) is 0 Å². The molecule has 1 aromatic rings. The molecule has 1 rings (SSSR count). The highest BCUT2D eigenvalue weighted by atomic mass is 35.5. The van der Waals surface area contributed by atoms with E-state index in [1.54, 1.807) is 19.1 Å². The second-order valence-electron chi connectivity index (χ2n) is 2.75. The molecule has 0 aliphatic carbocycles. The van der Waals surface area contributed by atoms with E-state index < -0.39 is 12.1 Å². The van der Waals surface area contributed by atoms with Crippen LogP contribution in [0.25, 0.3) is 0 Å². The zero-order valence-corrected chi connectivity index (χ0v) is 7.75.